The third-order valence-electron chi connectivity index (χ3n) is 2.80. The lowest BCUT2D eigenvalue weighted by atomic mass is 10.2. The number of para-hydroxylation sites is 1. The second-order valence-electron chi connectivity index (χ2n) is 4.25. The molecule has 0 radical (unpaired) electrons. The van der Waals surface area contributed by atoms with Crippen LogP contribution in [0.15, 0.2) is 52.4 Å². The van der Waals surface area contributed by atoms with Crippen molar-refractivity contribution in [2.75, 3.05) is 0 Å². The van der Waals surface area contributed by atoms with Gasteiger partial charge in [0.1, 0.15) is 23.6 Å². The number of ether oxygens (including phenoxy) is 1. The Morgan fingerprint density at radius 3 is 2.90 bits per heavy atom. The maximum atomic E-state index is 11.8. The van der Waals surface area contributed by atoms with E-state index in [1.54, 1.807) is 18.2 Å². The van der Waals surface area contributed by atoms with Crippen molar-refractivity contribution < 1.29 is 19.2 Å². The van der Waals surface area contributed by atoms with Gasteiger partial charge in [-0.3, -0.25) is 0 Å². The van der Waals surface area contributed by atoms with Crippen LogP contribution in [0.3, 0.4) is 0 Å². The summed E-state index contributed by atoms with van der Waals surface area (Å²) in [7, 11) is 0. The van der Waals surface area contributed by atoms with Gasteiger partial charge in [-0.2, -0.15) is 0 Å². The van der Waals surface area contributed by atoms with Crippen molar-refractivity contribution in [2.24, 2.45) is 0 Å². The molecular formula is C15H11NO4S. The second kappa shape index (κ2) is 5.80. The molecule has 3 rings (SSSR count). The molecule has 2 aromatic heterocycles. The standard InChI is InChI=1S/C15H11NO4S/c17-12-5-2-1-4-11(12)15(18)19-9-10-8-13(20-16-10)14-6-3-7-21-14/h1-8,17H,9H2. The Hall–Kier alpha value is -2.60. The summed E-state index contributed by atoms with van der Waals surface area (Å²) in [6.45, 7) is -0.0119. The molecule has 0 atom stereocenters. The van der Waals surface area contributed by atoms with Crippen LogP contribution in [0.25, 0.3) is 10.6 Å². The highest BCUT2D eigenvalue weighted by molar-refractivity contribution is 7.13. The van der Waals surface area contributed by atoms with Gasteiger partial charge >= 0.3 is 5.97 Å². The molecule has 0 saturated heterocycles. The molecular weight excluding hydrogens is 290 g/mol. The lowest BCUT2D eigenvalue weighted by molar-refractivity contribution is 0.0461. The van der Waals surface area contributed by atoms with Crippen molar-refractivity contribution in [3.8, 4) is 16.4 Å². The summed E-state index contributed by atoms with van der Waals surface area (Å²) in [5, 5.41) is 15.4. The fraction of sp³-hybridized carbons (Fsp3) is 0.0667. The Kier molecular flexibility index (Phi) is 3.70. The van der Waals surface area contributed by atoms with E-state index in [1.165, 1.54) is 23.5 Å². The highest BCUT2D eigenvalue weighted by Gasteiger charge is 2.14. The number of hydrogen-bond donors (Lipinski definition) is 1. The summed E-state index contributed by atoms with van der Waals surface area (Å²) >= 11 is 1.54. The molecule has 0 fully saturated rings. The zero-order valence-corrected chi connectivity index (χ0v) is 11.7. The van der Waals surface area contributed by atoms with Gasteiger partial charge in [0.05, 0.1) is 4.88 Å². The van der Waals surface area contributed by atoms with Crippen LogP contribution in [0.2, 0.25) is 0 Å². The first-order valence-corrected chi connectivity index (χ1v) is 7.06. The van der Waals surface area contributed by atoms with Crippen molar-refractivity contribution in [3.05, 3.63) is 59.1 Å². The van der Waals surface area contributed by atoms with Crippen molar-refractivity contribution >= 4 is 17.3 Å². The number of aromatic nitrogens is 1. The maximum absolute atomic E-state index is 11.8. The molecule has 3 aromatic rings. The minimum atomic E-state index is -0.603. The fourth-order valence-corrected chi connectivity index (χ4v) is 2.45. The summed E-state index contributed by atoms with van der Waals surface area (Å²) in [6, 6.07) is 11.8. The predicted molar refractivity (Wildman–Crippen MR) is 77.0 cm³/mol. The predicted octanol–water partition coefficient (Wildman–Crippen LogP) is 3.47. The normalized spacial score (nSPS) is 10.5. The van der Waals surface area contributed by atoms with Crippen molar-refractivity contribution in [1.29, 1.82) is 0 Å². The Labute approximate surface area is 124 Å². The molecule has 0 bridgehead atoms. The molecule has 0 aliphatic rings. The zero-order chi connectivity index (χ0) is 14.7. The second-order valence-corrected chi connectivity index (χ2v) is 5.20. The first kappa shape index (κ1) is 13.4. The molecule has 106 valence electrons. The van der Waals surface area contributed by atoms with E-state index in [0.29, 0.717) is 11.5 Å². The third-order valence-corrected chi connectivity index (χ3v) is 3.68. The van der Waals surface area contributed by atoms with Gasteiger partial charge in [-0.25, -0.2) is 4.79 Å². The SMILES string of the molecule is O=C(OCc1cc(-c2cccs2)on1)c1ccccc1O. The Bertz CT molecular complexity index is 749. The number of hydrogen-bond acceptors (Lipinski definition) is 6. The lowest BCUT2D eigenvalue weighted by Crippen LogP contribution is -2.05. The van der Waals surface area contributed by atoms with Crippen LogP contribution in [0.1, 0.15) is 16.1 Å². The summed E-state index contributed by atoms with van der Waals surface area (Å²) in [6.07, 6.45) is 0. The number of esters is 1. The summed E-state index contributed by atoms with van der Waals surface area (Å²) in [4.78, 5) is 12.8. The van der Waals surface area contributed by atoms with E-state index >= 15 is 0 Å². The molecule has 5 nitrogen and oxygen atoms in total. The molecule has 0 saturated carbocycles. The molecule has 1 N–H and O–H groups in total. The highest BCUT2D eigenvalue weighted by atomic mass is 32.1. The Morgan fingerprint density at radius 1 is 1.29 bits per heavy atom. The van der Waals surface area contributed by atoms with E-state index in [-0.39, 0.29) is 17.9 Å². The number of rotatable bonds is 4. The van der Waals surface area contributed by atoms with Crippen LogP contribution in [0.5, 0.6) is 5.75 Å². The lowest BCUT2D eigenvalue weighted by Gasteiger charge is -2.03. The average molecular weight is 301 g/mol. The van der Waals surface area contributed by atoms with Gasteiger partial charge in [-0.1, -0.05) is 23.4 Å². The van der Waals surface area contributed by atoms with Crippen molar-refractivity contribution in [3.63, 3.8) is 0 Å². The van der Waals surface area contributed by atoms with Crippen molar-refractivity contribution in [2.45, 2.75) is 6.61 Å². The minimum absolute atomic E-state index is 0.0119. The van der Waals surface area contributed by atoms with Gasteiger partial charge in [0.25, 0.3) is 0 Å². The summed E-state index contributed by atoms with van der Waals surface area (Å²) < 4.78 is 10.3. The van der Waals surface area contributed by atoms with Gasteiger partial charge in [-0.05, 0) is 23.6 Å². The number of phenols is 1. The van der Waals surface area contributed by atoms with E-state index < -0.39 is 5.97 Å². The number of carbonyl (C=O) groups is 1. The number of benzene rings is 1. The Morgan fingerprint density at radius 2 is 2.14 bits per heavy atom. The fourth-order valence-electron chi connectivity index (χ4n) is 1.78. The van der Waals surface area contributed by atoms with Crippen molar-refractivity contribution in [1.82, 2.24) is 5.16 Å². The van der Waals surface area contributed by atoms with Gasteiger partial charge < -0.3 is 14.4 Å². The van der Waals surface area contributed by atoms with Gasteiger partial charge in [0, 0.05) is 6.07 Å². The van der Waals surface area contributed by atoms with Crippen LogP contribution in [-0.4, -0.2) is 16.2 Å². The molecule has 6 heteroatoms. The smallest absolute Gasteiger partial charge is 0.342 e. The van der Waals surface area contributed by atoms with E-state index in [2.05, 4.69) is 5.16 Å². The maximum Gasteiger partial charge on any atom is 0.342 e. The largest absolute Gasteiger partial charge is 0.507 e. The highest BCUT2D eigenvalue weighted by Crippen LogP contribution is 2.25. The van der Waals surface area contributed by atoms with E-state index in [1.807, 2.05) is 17.5 Å². The molecule has 0 aliphatic heterocycles. The minimum Gasteiger partial charge on any atom is -0.507 e. The van der Waals surface area contributed by atoms with E-state index in [4.69, 9.17) is 9.26 Å². The molecule has 0 spiro atoms. The summed E-state index contributed by atoms with van der Waals surface area (Å²) in [5.41, 5.74) is 0.640. The van der Waals surface area contributed by atoms with Crippen LogP contribution in [-0.2, 0) is 11.3 Å². The molecule has 1 aromatic carbocycles. The quantitative estimate of drug-likeness (QED) is 0.747. The van der Waals surface area contributed by atoms with Gasteiger partial charge in [-0.15, -0.1) is 11.3 Å². The number of aromatic hydroxyl groups is 1. The topological polar surface area (TPSA) is 72.6 Å². The zero-order valence-electron chi connectivity index (χ0n) is 10.9. The number of nitrogens with zero attached hydrogens (tertiary/aromatic N) is 1. The van der Waals surface area contributed by atoms with Gasteiger partial charge in [0.2, 0.25) is 0 Å². The van der Waals surface area contributed by atoms with E-state index in [0.717, 1.165) is 4.88 Å². The van der Waals surface area contributed by atoms with E-state index in [9.17, 15) is 9.90 Å². The molecule has 21 heavy (non-hydrogen) atoms. The molecule has 0 amide bonds. The first-order chi connectivity index (χ1) is 10.2. The Balaban J connectivity index is 1.66. The van der Waals surface area contributed by atoms with Crippen LogP contribution < -0.4 is 0 Å². The number of phenolic OH excluding ortho intramolecular Hbond substituents is 1. The van der Waals surface area contributed by atoms with Crippen LogP contribution in [0.4, 0.5) is 0 Å². The third kappa shape index (κ3) is 2.95. The number of carbonyl (C=O) groups excluding carboxylic acids is 1. The monoisotopic (exact) mass is 301 g/mol. The average Bonchev–Trinajstić information content (AvgIpc) is 3.16. The molecule has 0 aliphatic carbocycles. The van der Waals surface area contributed by atoms with Gasteiger partial charge in [0.15, 0.2) is 5.76 Å². The first-order valence-electron chi connectivity index (χ1n) is 6.18. The molecule has 0 unspecified atom stereocenters. The number of thiophene rings is 1. The van der Waals surface area contributed by atoms with Crippen LogP contribution >= 0.6 is 11.3 Å². The summed E-state index contributed by atoms with van der Waals surface area (Å²) in [5.74, 6) is -0.0747. The van der Waals surface area contributed by atoms with Crippen LogP contribution in [0, 0.1) is 0 Å². The molecule has 2 heterocycles.